The molecule has 9 heteroatoms. The first-order chi connectivity index (χ1) is 11.2. The van der Waals surface area contributed by atoms with Crippen LogP contribution in [-0.2, 0) is 10.0 Å². The second-order valence-corrected chi connectivity index (χ2v) is 6.31. The van der Waals surface area contributed by atoms with E-state index in [0.29, 0.717) is 0 Å². The van der Waals surface area contributed by atoms with Gasteiger partial charge >= 0.3 is 11.9 Å². The van der Waals surface area contributed by atoms with Crippen LogP contribution in [-0.4, -0.2) is 37.7 Å². The highest BCUT2D eigenvalue weighted by molar-refractivity contribution is 7.92. The van der Waals surface area contributed by atoms with Crippen molar-refractivity contribution >= 4 is 27.6 Å². The lowest BCUT2D eigenvalue weighted by molar-refractivity contribution is 0.0686. The molecule has 24 heavy (non-hydrogen) atoms. The van der Waals surface area contributed by atoms with Crippen LogP contribution in [0, 0.1) is 0 Å². The second kappa shape index (κ2) is 6.59. The molecule has 0 saturated carbocycles. The Labute approximate surface area is 137 Å². The number of rotatable bonds is 6. The minimum Gasteiger partial charge on any atom is -0.495 e. The fraction of sp³-hybridized carbons (Fsp3) is 0.0667. The third kappa shape index (κ3) is 3.63. The van der Waals surface area contributed by atoms with Gasteiger partial charge in [0.1, 0.15) is 10.6 Å². The molecule has 0 aliphatic rings. The van der Waals surface area contributed by atoms with E-state index >= 15 is 0 Å². The Morgan fingerprint density at radius 3 is 2.21 bits per heavy atom. The van der Waals surface area contributed by atoms with E-state index in [2.05, 4.69) is 4.72 Å². The van der Waals surface area contributed by atoms with Crippen molar-refractivity contribution in [3.8, 4) is 5.75 Å². The number of methoxy groups -OCH3 is 1. The quantitative estimate of drug-likeness (QED) is 0.724. The maximum Gasteiger partial charge on any atom is 0.335 e. The number of carbonyl (C=O) groups is 2. The van der Waals surface area contributed by atoms with Gasteiger partial charge in [-0.25, -0.2) is 18.0 Å². The Kier molecular flexibility index (Phi) is 4.74. The van der Waals surface area contributed by atoms with E-state index in [4.69, 9.17) is 14.9 Å². The van der Waals surface area contributed by atoms with E-state index in [9.17, 15) is 18.0 Å². The van der Waals surface area contributed by atoms with Crippen molar-refractivity contribution in [2.45, 2.75) is 4.90 Å². The molecular weight excluding hydrogens is 338 g/mol. The number of sulfonamides is 1. The van der Waals surface area contributed by atoms with Gasteiger partial charge in [-0.1, -0.05) is 6.07 Å². The Bertz CT molecular complexity index is 906. The third-order valence-electron chi connectivity index (χ3n) is 3.06. The number of aromatic carboxylic acids is 2. The summed E-state index contributed by atoms with van der Waals surface area (Å²) >= 11 is 0. The lowest BCUT2D eigenvalue weighted by atomic mass is 10.2. The van der Waals surface area contributed by atoms with E-state index < -0.39 is 22.0 Å². The van der Waals surface area contributed by atoms with E-state index in [1.807, 2.05) is 0 Å². The first kappa shape index (κ1) is 17.3. The van der Waals surface area contributed by atoms with Crippen molar-refractivity contribution in [3.63, 3.8) is 0 Å². The maximum absolute atomic E-state index is 12.5. The molecule has 8 nitrogen and oxygen atoms in total. The fourth-order valence-corrected chi connectivity index (χ4v) is 3.19. The van der Waals surface area contributed by atoms with E-state index in [1.54, 1.807) is 0 Å². The highest BCUT2D eigenvalue weighted by Crippen LogP contribution is 2.27. The molecule has 0 unspecified atom stereocenters. The van der Waals surface area contributed by atoms with Gasteiger partial charge in [0.15, 0.2) is 0 Å². The molecule has 0 spiro atoms. The van der Waals surface area contributed by atoms with Gasteiger partial charge in [-0.3, -0.25) is 4.72 Å². The van der Waals surface area contributed by atoms with Gasteiger partial charge in [0.25, 0.3) is 10.0 Å². The number of carboxylic acids is 2. The van der Waals surface area contributed by atoms with Crippen LogP contribution < -0.4 is 9.46 Å². The predicted molar refractivity (Wildman–Crippen MR) is 84.2 cm³/mol. The maximum atomic E-state index is 12.5. The zero-order valence-electron chi connectivity index (χ0n) is 12.4. The summed E-state index contributed by atoms with van der Waals surface area (Å²) in [6.07, 6.45) is 0. The highest BCUT2D eigenvalue weighted by Gasteiger charge is 2.22. The molecule has 0 atom stereocenters. The SMILES string of the molecule is COc1ccc(C(=O)O)cc1S(=O)(=O)Nc1cccc(C(=O)O)c1. The van der Waals surface area contributed by atoms with Crippen molar-refractivity contribution in [3.05, 3.63) is 53.6 Å². The molecular formula is C15H13NO7S. The largest absolute Gasteiger partial charge is 0.495 e. The number of benzene rings is 2. The number of ether oxygens (including phenoxy) is 1. The van der Waals surface area contributed by atoms with E-state index in [1.165, 1.54) is 37.4 Å². The topological polar surface area (TPSA) is 130 Å². The van der Waals surface area contributed by atoms with Gasteiger partial charge in [0.2, 0.25) is 0 Å². The summed E-state index contributed by atoms with van der Waals surface area (Å²) in [5.41, 5.74) is -0.297. The standard InChI is InChI=1S/C15H13NO7S/c1-23-12-6-5-10(15(19)20)8-13(12)24(21,22)16-11-4-2-3-9(7-11)14(17)18/h2-8,16H,1H3,(H,17,18)(H,19,20). The van der Waals surface area contributed by atoms with Crippen LogP contribution in [0.1, 0.15) is 20.7 Å². The van der Waals surface area contributed by atoms with Gasteiger partial charge in [-0.15, -0.1) is 0 Å². The van der Waals surface area contributed by atoms with Crippen LogP contribution in [0.3, 0.4) is 0 Å². The van der Waals surface area contributed by atoms with E-state index in [-0.39, 0.29) is 27.5 Å². The summed E-state index contributed by atoms with van der Waals surface area (Å²) < 4.78 is 32.2. The molecule has 0 heterocycles. The van der Waals surface area contributed by atoms with Gasteiger partial charge < -0.3 is 14.9 Å². The summed E-state index contributed by atoms with van der Waals surface area (Å²) in [4.78, 5) is 21.6. The number of anilines is 1. The Morgan fingerprint density at radius 2 is 1.62 bits per heavy atom. The van der Waals surface area contributed by atoms with Crippen molar-refractivity contribution in [1.82, 2.24) is 0 Å². The zero-order chi connectivity index (χ0) is 17.9. The van der Waals surface area contributed by atoms with Crippen LogP contribution in [0.25, 0.3) is 0 Å². The molecule has 0 aliphatic carbocycles. The van der Waals surface area contributed by atoms with Gasteiger partial charge in [0, 0.05) is 5.69 Å². The summed E-state index contributed by atoms with van der Waals surface area (Å²) in [5.74, 6) is -2.54. The molecule has 3 N–H and O–H groups in total. The monoisotopic (exact) mass is 351 g/mol. The molecule has 0 amide bonds. The van der Waals surface area contributed by atoms with Crippen molar-refractivity contribution in [2.75, 3.05) is 11.8 Å². The number of carboxylic acid groups (broad SMARTS) is 2. The number of hydrogen-bond acceptors (Lipinski definition) is 5. The first-order valence-corrected chi connectivity index (χ1v) is 8.00. The van der Waals surface area contributed by atoms with Crippen LogP contribution in [0.5, 0.6) is 5.75 Å². The number of nitrogens with one attached hydrogen (secondary N) is 1. The number of hydrogen-bond donors (Lipinski definition) is 3. The van der Waals surface area contributed by atoms with Gasteiger partial charge in [0.05, 0.1) is 18.2 Å². The Hall–Kier alpha value is -3.07. The van der Waals surface area contributed by atoms with Crippen LogP contribution in [0.2, 0.25) is 0 Å². The molecule has 2 rings (SSSR count). The normalized spacial score (nSPS) is 10.9. The predicted octanol–water partition coefficient (Wildman–Crippen LogP) is 1.89. The zero-order valence-corrected chi connectivity index (χ0v) is 13.2. The van der Waals surface area contributed by atoms with Gasteiger partial charge in [-0.2, -0.15) is 0 Å². The lowest BCUT2D eigenvalue weighted by Gasteiger charge is -2.12. The van der Waals surface area contributed by atoms with Crippen LogP contribution in [0.15, 0.2) is 47.4 Å². The molecule has 126 valence electrons. The van der Waals surface area contributed by atoms with Crippen molar-refractivity contribution in [1.29, 1.82) is 0 Å². The van der Waals surface area contributed by atoms with Crippen LogP contribution in [0.4, 0.5) is 5.69 Å². The molecule has 0 aromatic heterocycles. The molecule has 0 bridgehead atoms. The van der Waals surface area contributed by atoms with Crippen molar-refractivity contribution in [2.24, 2.45) is 0 Å². The Balaban J connectivity index is 2.47. The minimum atomic E-state index is -4.19. The smallest absolute Gasteiger partial charge is 0.335 e. The summed E-state index contributed by atoms with van der Waals surface area (Å²) in [6, 6.07) is 8.62. The minimum absolute atomic E-state index is 0.0256. The lowest BCUT2D eigenvalue weighted by Crippen LogP contribution is -2.15. The molecule has 0 aliphatic heterocycles. The molecule has 0 fully saturated rings. The molecule has 2 aromatic rings. The first-order valence-electron chi connectivity index (χ1n) is 6.52. The molecule has 0 radical (unpaired) electrons. The average molecular weight is 351 g/mol. The molecule has 0 saturated heterocycles. The average Bonchev–Trinajstić information content (AvgIpc) is 2.53. The van der Waals surface area contributed by atoms with Gasteiger partial charge in [-0.05, 0) is 36.4 Å². The van der Waals surface area contributed by atoms with Crippen LogP contribution >= 0.6 is 0 Å². The third-order valence-corrected chi connectivity index (χ3v) is 4.46. The summed E-state index contributed by atoms with van der Waals surface area (Å²) in [6.45, 7) is 0. The molecule has 2 aromatic carbocycles. The summed E-state index contributed by atoms with van der Waals surface area (Å²) in [7, 11) is -2.94. The Morgan fingerprint density at radius 1 is 1.00 bits per heavy atom. The summed E-state index contributed by atoms with van der Waals surface area (Å²) in [5, 5.41) is 17.9. The van der Waals surface area contributed by atoms with Crippen molar-refractivity contribution < 1.29 is 33.0 Å². The fourth-order valence-electron chi connectivity index (χ4n) is 1.95. The second-order valence-electron chi connectivity index (χ2n) is 4.66. The highest BCUT2D eigenvalue weighted by atomic mass is 32.2. The van der Waals surface area contributed by atoms with E-state index in [0.717, 1.165) is 12.1 Å².